The summed E-state index contributed by atoms with van der Waals surface area (Å²) in [6.45, 7) is 1.54. The molecule has 3 aromatic heterocycles. The highest BCUT2D eigenvalue weighted by atomic mass is 32.2. The molecule has 0 radical (unpaired) electrons. The van der Waals surface area contributed by atoms with Crippen LogP contribution < -0.4 is 0 Å². The third-order valence-electron chi connectivity index (χ3n) is 3.76. The number of fused-ring (bicyclic) bond motifs is 1. The lowest BCUT2D eigenvalue weighted by atomic mass is 10.1. The van der Waals surface area contributed by atoms with Gasteiger partial charge in [-0.05, 0) is 36.8 Å². The monoisotopic (exact) mass is 444 g/mol. The molecule has 0 amide bonds. The second kappa shape index (κ2) is 8.14. The fraction of sp³-hybridized carbons (Fsp3) is 0.125. The van der Waals surface area contributed by atoms with E-state index in [0.29, 0.717) is 26.3 Å². The molecule has 0 atom stereocenters. The molecule has 146 valence electrons. The van der Waals surface area contributed by atoms with E-state index in [1.165, 1.54) is 17.8 Å². The minimum atomic E-state index is -0.204. The van der Waals surface area contributed by atoms with Crippen LogP contribution in [0.2, 0.25) is 0 Å². The van der Waals surface area contributed by atoms with Crippen molar-refractivity contribution in [3.63, 3.8) is 0 Å². The maximum absolute atomic E-state index is 10.3. The van der Waals surface area contributed by atoms with Crippen LogP contribution in [0.15, 0.2) is 50.0 Å². The number of hydrogen-bond acceptors (Lipinski definition) is 13. The molecule has 2 N–H and O–H groups in total. The van der Waals surface area contributed by atoms with Crippen LogP contribution >= 0.6 is 34.8 Å². The van der Waals surface area contributed by atoms with Crippen LogP contribution in [0.1, 0.15) is 5.56 Å². The van der Waals surface area contributed by atoms with Crippen LogP contribution in [0.4, 0.5) is 21.5 Å². The van der Waals surface area contributed by atoms with Crippen molar-refractivity contribution in [2.24, 2.45) is 20.5 Å². The first kappa shape index (κ1) is 19.3. The van der Waals surface area contributed by atoms with E-state index in [1.807, 2.05) is 12.3 Å². The largest absolute Gasteiger partial charge is 0.505 e. The SMILES string of the molecule is CSc1nsc(N=Nc2cc(N=Nc3snc4cccnc34)c(O)c(C)c2O)n1. The number of nitrogens with zero attached hydrogens (tertiary/aromatic N) is 8. The molecule has 0 fully saturated rings. The number of hydrogen-bond donors (Lipinski definition) is 2. The predicted octanol–water partition coefficient (Wildman–Crippen LogP) is 5.82. The van der Waals surface area contributed by atoms with Gasteiger partial charge in [0.25, 0.3) is 0 Å². The van der Waals surface area contributed by atoms with E-state index in [-0.39, 0.29) is 28.4 Å². The van der Waals surface area contributed by atoms with Crippen molar-refractivity contribution in [2.75, 3.05) is 6.26 Å². The highest BCUT2D eigenvalue weighted by Gasteiger charge is 2.15. The van der Waals surface area contributed by atoms with Crippen LogP contribution in [-0.2, 0) is 0 Å². The van der Waals surface area contributed by atoms with Crippen molar-refractivity contribution >= 4 is 67.4 Å². The van der Waals surface area contributed by atoms with Crippen molar-refractivity contribution in [3.05, 3.63) is 30.0 Å². The number of benzene rings is 1. The van der Waals surface area contributed by atoms with Gasteiger partial charge < -0.3 is 10.2 Å². The molecule has 29 heavy (non-hydrogen) atoms. The molecule has 0 aliphatic carbocycles. The van der Waals surface area contributed by atoms with Gasteiger partial charge in [-0.3, -0.25) is 4.98 Å². The molecule has 4 rings (SSSR count). The summed E-state index contributed by atoms with van der Waals surface area (Å²) in [4.78, 5) is 8.40. The Balaban J connectivity index is 1.68. The summed E-state index contributed by atoms with van der Waals surface area (Å²) in [5, 5.41) is 38.3. The zero-order valence-electron chi connectivity index (χ0n) is 15.0. The first-order valence-electron chi connectivity index (χ1n) is 8.04. The number of thioether (sulfide) groups is 1. The lowest BCUT2D eigenvalue weighted by Crippen LogP contribution is -1.79. The molecule has 0 spiro atoms. The van der Waals surface area contributed by atoms with E-state index in [2.05, 4.69) is 39.2 Å². The van der Waals surface area contributed by atoms with E-state index >= 15 is 0 Å². The Hall–Kier alpha value is -3.03. The average Bonchev–Trinajstić information content (AvgIpc) is 3.37. The predicted molar refractivity (Wildman–Crippen MR) is 112 cm³/mol. The van der Waals surface area contributed by atoms with Crippen molar-refractivity contribution in [1.29, 1.82) is 0 Å². The third kappa shape index (κ3) is 3.92. The van der Waals surface area contributed by atoms with Gasteiger partial charge in [-0.15, -0.1) is 20.5 Å². The van der Waals surface area contributed by atoms with E-state index in [0.717, 1.165) is 23.1 Å². The Morgan fingerprint density at radius 3 is 2.48 bits per heavy atom. The Bertz CT molecular complexity index is 1250. The lowest BCUT2D eigenvalue weighted by Gasteiger charge is -2.06. The van der Waals surface area contributed by atoms with E-state index in [9.17, 15) is 10.2 Å². The Morgan fingerprint density at radius 2 is 1.76 bits per heavy atom. The molecule has 10 nitrogen and oxygen atoms in total. The number of azo groups is 2. The van der Waals surface area contributed by atoms with Crippen LogP contribution in [0.25, 0.3) is 11.0 Å². The fourth-order valence-electron chi connectivity index (χ4n) is 2.27. The Morgan fingerprint density at radius 1 is 1.00 bits per heavy atom. The summed E-state index contributed by atoms with van der Waals surface area (Å²) in [5.41, 5.74) is 1.81. The lowest BCUT2D eigenvalue weighted by molar-refractivity contribution is 0.445. The highest BCUT2D eigenvalue weighted by molar-refractivity contribution is 7.98. The zero-order valence-corrected chi connectivity index (χ0v) is 17.5. The number of phenolic OH excluding ortho intramolecular Hbond substituents is 2. The summed E-state index contributed by atoms with van der Waals surface area (Å²) in [6.07, 6.45) is 3.50. The van der Waals surface area contributed by atoms with E-state index in [1.54, 1.807) is 19.2 Å². The molecular formula is C16H12N8O2S3. The maximum Gasteiger partial charge on any atom is 0.250 e. The smallest absolute Gasteiger partial charge is 0.250 e. The molecule has 4 aromatic rings. The summed E-state index contributed by atoms with van der Waals surface area (Å²) >= 11 is 3.64. The summed E-state index contributed by atoms with van der Waals surface area (Å²) in [5.74, 6) is -0.405. The minimum absolute atomic E-state index is 0.127. The van der Waals surface area contributed by atoms with Gasteiger partial charge in [0.2, 0.25) is 10.3 Å². The van der Waals surface area contributed by atoms with Gasteiger partial charge in [0, 0.05) is 29.4 Å². The standard InChI is InChI=1S/C16H12N8O2S3/c1-7-12(25)9(19-21-14-11-8(23-28-14)4-3-5-17-11)6-10(13(7)26)20-22-15-18-16(27-2)24-29-15/h3-6,25-26H,1-2H3. The summed E-state index contributed by atoms with van der Waals surface area (Å²) in [7, 11) is 0. The van der Waals surface area contributed by atoms with Gasteiger partial charge in [0.1, 0.15) is 33.9 Å². The Kier molecular flexibility index (Phi) is 5.42. The van der Waals surface area contributed by atoms with Crippen LogP contribution in [-0.4, -0.2) is 35.2 Å². The van der Waals surface area contributed by atoms with Gasteiger partial charge in [-0.25, -0.2) is 0 Å². The van der Waals surface area contributed by atoms with Gasteiger partial charge in [-0.2, -0.15) is 13.7 Å². The van der Waals surface area contributed by atoms with Crippen LogP contribution in [0.3, 0.4) is 0 Å². The molecule has 0 saturated carbocycles. The average molecular weight is 445 g/mol. The van der Waals surface area contributed by atoms with Gasteiger partial charge in [0.05, 0.1) is 0 Å². The number of aromatic hydroxyl groups is 2. The highest BCUT2D eigenvalue weighted by Crippen LogP contribution is 2.44. The summed E-state index contributed by atoms with van der Waals surface area (Å²) in [6, 6.07) is 5.00. The second-order valence-electron chi connectivity index (χ2n) is 5.56. The van der Waals surface area contributed by atoms with Crippen molar-refractivity contribution in [3.8, 4) is 11.5 Å². The maximum atomic E-state index is 10.3. The van der Waals surface area contributed by atoms with Gasteiger partial charge in [-0.1, -0.05) is 11.8 Å². The van der Waals surface area contributed by atoms with Crippen LogP contribution in [0, 0.1) is 6.92 Å². The second-order valence-corrected chi connectivity index (χ2v) is 7.82. The van der Waals surface area contributed by atoms with Crippen molar-refractivity contribution in [1.82, 2.24) is 18.7 Å². The quantitative estimate of drug-likeness (QED) is 0.292. The number of rotatable bonds is 5. The van der Waals surface area contributed by atoms with Gasteiger partial charge in [0.15, 0.2) is 5.00 Å². The molecule has 3 heterocycles. The van der Waals surface area contributed by atoms with Crippen molar-refractivity contribution < 1.29 is 10.2 Å². The number of aromatic nitrogens is 4. The first-order chi connectivity index (χ1) is 14.1. The summed E-state index contributed by atoms with van der Waals surface area (Å²) < 4.78 is 8.35. The molecule has 13 heteroatoms. The number of pyridine rings is 1. The molecule has 0 bridgehead atoms. The first-order valence-corrected chi connectivity index (χ1v) is 10.8. The fourth-order valence-corrected chi connectivity index (χ4v) is 3.98. The third-order valence-corrected chi connectivity index (χ3v) is 5.76. The Labute approximate surface area is 176 Å². The topological polar surface area (TPSA) is 141 Å². The molecular weight excluding hydrogens is 432 g/mol. The molecule has 0 aliphatic heterocycles. The molecule has 1 aromatic carbocycles. The molecule has 0 unspecified atom stereocenters. The van der Waals surface area contributed by atoms with E-state index in [4.69, 9.17) is 0 Å². The number of phenols is 2. The minimum Gasteiger partial charge on any atom is -0.505 e. The van der Waals surface area contributed by atoms with E-state index < -0.39 is 0 Å². The zero-order chi connectivity index (χ0) is 20.4. The van der Waals surface area contributed by atoms with Gasteiger partial charge >= 0.3 is 0 Å². The molecule has 0 aliphatic rings. The van der Waals surface area contributed by atoms with Crippen molar-refractivity contribution in [2.45, 2.75) is 12.1 Å². The normalized spacial score (nSPS) is 11.9. The van der Waals surface area contributed by atoms with Crippen LogP contribution in [0.5, 0.6) is 11.5 Å². The molecule has 0 saturated heterocycles.